The minimum atomic E-state index is -0.267. The van der Waals surface area contributed by atoms with Gasteiger partial charge in [0.15, 0.2) is 0 Å². The van der Waals surface area contributed by atoms with E-state index in [0.717, 1.165) is 11.4 Å². The molecule has 0 heterocycles. The Kier molecular flexibility index (Phi) is 6.99. The highest BCUT2D eigenvalue weighted by Crippen LogP contribution is 2.19. The van der Waals surface area contributed by atoms with Crippen molar-refractivity contribution >= 4 is 17.5 Å². The van der Waals surface area contributed by atoms with E-state index < -0.39 is 0 Å². The van der Waals surface area contributed by atoms with Crippen molar-refractivity contribution in [3.8, 4) is 5.75 Å². The van der Waals surface area contributed by atoms with E-state index in [-0.39, 0.29) is 24.7 Å². The molecule has 0 aromatic heterocycles. The van der Waals surface area contributed by atoms with Crippen LogP contribution in [0.15, 0.2) is 24.3 Å². The highest BCUT2D eigenvalue weighted by atomic mass is 16.5. The van der Waals surface area contributed by atoms with E-state index >= 15 is 0 Å². The van der Waals surface area contributed by atoms with Gasteiger partial charge in [0.2, 0.25) is 11.8 Å². The number of anilines is 1. The lowest BCUT2D eigenvalue weighted by Gasteiger charge is -2.24. The van der Waals surface area contributed by atoms with Gasteiger partial charge in [-0.1, -0.05) is 0 Å². The monoisotopic (exact) mass is 295 g/mol. The van der Waals surface area contributed by atoms with Crippen LogP contribution in [0.3, 0.4) is 0 Å². The first-order valence-corrected chi connectivity index (χ1v) is 6.48. The van der Waals surface area contributed by atoms with Crippen LogP contribution in [0.2, 0.25) is 0 Å². The van der Waals surface area contributed by atoms with Crippen LogP contribution in [-0.4, -0.2) is 32.0 Å². The van der Waals surface area contributed by atoms with Crippen LogP contribution in [0.4, 0.5) is 5.69 Å². The molecule has 1 rings (SSSR count). The Morgan fingerprint density at radius 2 is 1.52 bits per heavy atom. The third-order valence-electron chi connectivity index (χ3n) is 2.98. The summed E-state index contributed by atoms with van der Waals surface area (Å²) in [5, 5.41) is 0. The Balaban J connectivity index is 2.73. The van der Waals surface area contributed by atoms with E-state index in [0.29, 0.717) is 13.1 Å². The quantitative estimate of drug-likeness (QED) is 0.285. The maximum absolute atomic E-state index is 11.3. The molecular formula is C13H21N5O3. The second kappa shape index (κ2) is 8.77. The average molecular weight is 295 g/mol. The molecule has 1 aromatic rings. The molecule has 0 spiro atoms. The number of methoxy groups -OCH3 is 1. The van der Waals surface area contributed by atoms with Gasteiger partial charge in [-0.25, -0.2) is 11.7 Å². The van der Waals surface area contributed by atoms with Crippen LogP contribution in [0.1, 0.15) is 12.8 Å². The summed E-state index contributed by atoms with van der Waals surface area (Å²) in [4.78, 5) is 24.4. The number of ether oxygens (including phenoxy) is 1. The van der Waals surface area contributed by atoms with Gasteiger partial charge in [0.1, 0.15) is 5.75 Å². The van der Waals surface area contributed by atoms with Gasteiger partial charge in [0.05, 0.1) is 7.11 Å². The Bertz CT molecular complexity index is 443. The number of rotatable bonds is 8. The van der Waals surface area contributed by atoms with Crippen molar-refractivity contribution in [3.63, 3.8) is 0 Å². The highest BCUT2D eigenvalue weighted by Gasteiger charge is 2.11. The molecule has 8 nitrogen and oxygen atoms in total. The number of hydrazine groups is 2. The molecule has 0 saturated heterocycles. The topological polar surface area (TPSA) is 123 Å². The minimum absolute atomic E-state index is 0.229. The Labute approximate surface area is 123 Å². The second-order valence-electron chi connectivity index (χ2n) is 4.32. The number of amides is 2. The number of carbonyl (C=O) groups excluding carboxylic acids is 2. The fraction of sp³-hybridized carbons (Fsp3) is 0.385. The summed E-state index contributed by atoms with van der Waals surface area (Å²) in [6.07, 6.45) is 0.458. The summed E-state index contributed by atoms with van der Waals surface area (Å²) in [7, 11) is 1.59. The van der Waals surface area contributed by atoms with Crippen molar-refractivity contribution in [3.05, 3.63) is 24.3 Å². The molecule has 0 saturated carbocycles. The molecule has 0 fully saturated rings. The maximum atomic E-state index is 11.3. The molecule has 2 amide bonds. The zero-order valence-electron chi connectivity index (χ0n) is 12.0. The van der Waals surface area contributed by atoms with E-state index in [4.69, 9.17) is 16.4 Å². The molecular weight excluding hydrogens is 274 g/mol. The third kappa shape index (κ3) is 5.67. The molecule has 6 N–H and O–H groups in total. The van der Waals surface area contributed by atoms with Crippen molar-refractivity contribution in [1.29, 1.82) is 0 Å². The number of hydrogen-bond acceptors (Lipinski definition) is 6. The standard InChI is InChI=1S/C13H21N5O3/c1-21-11-4-2-10(3-5-11)18(8-6-12(19)16-14)9-7-13(20)17-15/h2-5H,6-9,14-15H2,1H3,(H,16,19)(H,17,20). The number of hydrogen-bond donors (Lipinski definition) is 4. The maximum Gasteiger partial charge on any atom is 0.235 e. The van der Waals surface area contributed by atoms with Crippen molar-refractivity contribution in [1.82, 2.24) is 10.9 Å². The van der Waals surface area contributed by atoms with Crippen LogP contribution < -0.4 is 32.2 Å². The first-order chi connectivity index (χ1) is 10.1. The van der Waals surface area contributed by atoms with Gasteiger partial charge >= 0.3 is 0 Å². The van der Waals surface area contributed by atoms with Crippen molar-refractivity contribution in [2.24, 2.45) is 11.7 Å². The molecule has 116 valence electrons. The largest absolute Gasteiger partial charge is 0.497 e. The lowest BCUT2D eigenvalue weighted by Crippen LogP contribution is -2.37. The highest BCUT2D eigenvalue weighted by molar-refractivity contribution is 5.77. The number of nitrogens with zero attached hydrogens (tertiary/aromatic N) is 1. The van der Waals surface area contributed by atoms with E-state index in [9.17, 15) is 9.59 Å². The van der Waals surface area contributed by atoms with Gasteiger partial charge in [-0.05, 0) is 24.3 Å². The first kappa shape index (κ1) is 16.7. The molecule has 1 aromatic carbocycles. The lowest BCUT2D eigenvalue weighted by molar-refractivity contribution is -0.121. The number of nitrogens with one attached hydrogen (secondary N) is 2. The fourth-order valence-electron chi connectivity index (χ4n) is 1.78. The first-order valence-electron chi connectivity index (χ1n) is 6.48. The third-order valence-corrected chi connectivity index (χ3v) is 2.98. The molecule has 0 aliphatic rings. The summed E-state index contributed by atoms with van der Waals surface area (Å²) < 4.78 is 5.10. The number of carbonyl (C=O) groups is 2. The summed E-state index contributed by atoms with van der Waals surface area (Å²) in [6, 6.07) is 7.35. The fourth-order valence-corrected chi connectivity index (χ4v) is 1.78. The normalized spacial score (nSPS) is 9.86. The predicted molar refractivity (Wildman–Crippen MR) is 79.1 cm³/mol. The van der Waals surface area contributed by atoms with Gasteiger partial charge in [-0.3, -0.25) is 20.4 Å². The smallest absolute Gasteiger partial charge is 0.235 e. The van der Waals surface area contributed by atoms with E-state index in [2.05, 4.69) is 10.9 Å². The molecule has 0 aliphatic carbocycles. The molecule has 0 radical (unpaired) electrons. The van der Waals surface area contributed by atoms with Crippen LogP contribution in [0.25, 0.3) is 0 Å². The zero-order valence-corrected chi connectivity index (χ0v) is 12.0. The Hall–Kier alpha value is -2.32. The van der Waals surface area contributed by atoms with Crippen LogP contribution in [0, 0.1) is 0 Å². The SMILES string of the molecule is COc1ccc(N(CCC(=O)NN)CCC(=O)NN)cc1. The van der Waals surface area contributed by atoms with E-state index in [1.165, 1.54) is 0 Å². The van der Waals surface area contributed by atoms with Gasteiger partial charge < -0.3 is 9.64 Å². The number of benzene rings is 1. The molecule has 0 atom stereocenters. The van der Waals surface area contributed by atoms with Gasteiger partial charge in [-0.15, -0.1) is 0 Å². The van der Waals surface area contributed by atoms with Crippen molar-refractivity contribution < 1.29 is 14.3 Å². The van der Waals surface area contributed by atoms with Crippen molar-refractivity contribution in [2.75, 3.05) is 25.1 Å². The summed E-state index contributed by atoms with van der Waals surface area (Å²) >= 11 is 0. The van der Waals surface area contributed by atoms with Crippen LogP contribution in [-0.2, 0) is 9.59 Å². The summed E-state index contributed by atoms with van der Waals surface area (Å²) in [5.41, 5.74) is 5.04. The summed E-state index contributed by atoms with van der Waals surface area (Å²) in [6.45, 7) is 0.875. The zero-order chi connectivity index (χ0) is 15.7. The van der Waals surface area contributed by atoms with E-state index in [1.54, 1.807) is 7.11 Å². The number of nitrogens with two attached hydrogens (primary N) is 2. The molecule has 0 aliphatic heterocycles. The van der Waals surface area contributed by atoms with Gasteiger partial charge in [-0.2, -0.15) is 0 Å². The summed E-state index contributed by atoms with van der Waals surface area (Å²) in [5.74, 6) is 10.3. The van der Waals surface area contributed by atoms with Gasteiger partial charge in [0, 0.05) is 31.6 Å². The minimum Gasteiger partial charge on any atom is -0.497 e. The average Bonchev–Trinajstić information content (AvgIpc) is 2.54. The Morgan fingerprint density at radius 1 is 1.05 bits per heavy atom. The van der Waals surface area contributed by atoms with Crippen LogP contribution >= 0.6 is 0 Å². The molecule has 8 heteroatoms. The molecule has 0 bridgehead atoms. The van der Waals surface area contributed by atoms with Gasteiger partial charge in [0.25, 0.3) is 0 Å². The lowest BCUT2D eigenvalue weighted by atomic mass is 10.2. The second-order valence-corrected chi connectivity index (χ2v) is 4.32. The predicted octanol–water partition coefficient (Wildman–Crippen LogP) is -0.738. The molecule has 21 heavy (non-hydrogen) atoms. The van der Waals surface area contributed by atoms with E-state index in [1.807, 2.05) is 29.2 Å². The Morgan fingerprint density at radius 3 is 1.90 bits per heavy atom. The molecule has 0 unspecified atom stereocenters. The van der Waals surface area contributed by atoms with Crippen LogP contribution in [0.5, 0.6) is 5.75 Å². The van der Waals surface area contributed by atoms with Crippen molar-refractivity contribution in [2.45, 2.75) is 12.8 Å².